The lowest BCUT2D eigenvalue weighted by Crippen LogP contribution is -1.97. The number of anilines is 1. The van der Waals surface area contributed by atoms with E-state index < -0.39 is 0 Å². The molecule has 0 spiro atoms. The van der Waals surface area contributed by atoms with E-state index in [4.69, 9.17) is 9.47 Å². The number of benzene rings is 1. The standard InChI is InChI=1S/C13H14BrN3O2/c1-15-11-7-5-9(16-17-11)8-4-6-10(18-2)12(14)13(8)19-3/h4-7H,1-3H3,(H,15,17). The summed E-state index contributed by atoms with van der Waals surface area (Å²) in [5.74, 6) is 2.10. The molecule has 1 N–H and O–H groups in total. The van der Waals surface area contributed by atoms with E-state index in [-0.39, 0.29) is 0 Å². The number of nitrogens with zero attached hydrogens (tertiary/aromatic N) is 2. The first-order chi connectivity index (χ1) is 9.21. The van der Waals surface area contributed by atoms with E-state index >= 15 is 0 Å². The first-order valence-electron chi connectivity index (χ1n) is 5.63. The maximum atomic E-state index is 5.42. The molecule has 2 aromatic rings. The van der Waals surface area contributed by atoms with Crippen LogP contribution in [-0.4, -0.2) is 31.5 Å². The molecular weight excluding hydrogens is 310 g/mol. The minimum Gasteiger partial charge on any atom is -0.495 e. The second-order valence-corrected chi connectivity index (χ2v) is 4.51. The van der Waals surface area contributed by atoms with Crippen LogP contribution in [0.25, 0.3) is 11.3 Å². The molecule has 1 aromatic carbocycles. The molecule has 1 heterocycles. The van der Waals surface area contributed by atoms with Crippen molar-refractivity contribution in [1.82, 2.24) is 10.2 Å². The molecule has 1 aromatic heterocycles. The predicted molar refractivity (Wildman–Crippen MR) is 77.8 cm³/mol. The van der Waals surface area contributed by atoms with Crippen LogP contribution < -0.4 is 14.8 Å². The highest BCUT2D eigenvalue weighted by molar-refractivity contribution is 9.10. The smallest absolute Gasteiger partial charge is 0.148 e. The lowest BCUT2D eigenvalue weighted by molar-refractivity contribution is 0.390. The summed E-state index contributed by atoms with van der Waals surface area (Å²) in [6.07, 6.45) is 0. The van der Waals surface area contributed by atoms with Crippen LogP contribution >= 0.6 is 15.9 Å². The zero-order valence-electron chi connectivity index (χ0n) is 10.9. The maximum absolute atomic E-state index is 5.42. The second-order valence-electron chi connectivity index (χ2n) is 3.72. The summed E-state index contributed by atoms with van der Waals surface area (Å²) in [5, 5.41) is 11.2. The van der Waals surface area contributed by atoms with Crippen LogP contribution in [-0.2, 0) is 0 Å². The Kier molecular flexibility index (Phi) is 4.21. The van der Waals surface area contributed by atoms with Crippen molar-refractivity contribution in [1.29, 1.82) is 0 Å². The molecule has 0 saturated heterocycles. The maximum Gasteiger partial charge on any atom is 0.148 e. The van der Waals surface area contributed by atoms with Crippen LogP contribution in [0.3, 0.4) is 0 Å². The van der Waals surface area contributed by atoms with Crippen LogP contribution in [0.5, 0.6) is 11.5 Å². The second kappa shape index (κ2) is 5.88. The number of nitrogens with one attached hydrogen (secondary N) is 1. The highest BCUT2D eigenvalue weighted by atomic mass is 79.9. The SMILES string of the molecule is CNc1ccc(-c2ccc(OC)c(Br)c2OC)nn1. The van der Waals surface area contributed by atoms with E-state index in [1.165, 1.54) is 0 Å². The molecule has 0 radical (unpaired) electrons. The number of halogens is 1. The van der Waals surface area contributed by atoms with Gasteiger partial charge in [0.05, 0.1) is 19.9 Å². The summed E-state index contributed by atoms with van der Waals surface area (Å²) in [6, 6.07) is 7.50. The van der Waals surface area contributed by atoms with Gasteiger partial charge in [0, 0.05) is 12.6 Å². The zero-order valence-corrected chi connectivity index (χ0v) is 12.5. The fraction of sp³-hybridized carbons (Fsp3) is 0.231. The molecule has 0 aliphatic rings. The van der Waals surface area contributed by atoms with Crippen molar-refractivity contribution in [2.45, 2.75) is 0 Å². The molecule has 6 heteroatoms. The normalized spacial score (nSPS) is 10.1. The Morgan fingerprint density at radius 2 is 1.84 bits per heavy atom. The molecule has 0 aliphatic heterocycles. The zero-order chi connectivity index (χ0) is 13.8. The van der Waals surface area contributed by atoms with Crippen LogP contribution in [0.1, 0.15) is 0 Å². The third-order valence-corrected chi connectivity index (χ3v) is 3.43. The minimum atomic E-state index is 0.672. The minimum absolute atomic E-state index is 0.672. The van der Waals surface area contributed by atoms with E-state index in [1.807, 2.05) is 24.3 Å². The fourth-order valence-corrected chi connectivity index (χ4v) is 2.38. The molecule has 100 valence electrons. The largest absolute Gasteiger partial charge is 0.495 e. The van der Waals surface area contributed by atoms with Crippen molar-refractivity contribution in [3.63, 3.8) is 0 Å². The Hall–Kier alpha value is -1.82. The van der Waals surface area contributed by atoms with Gasteiger partial charge in [-0.3, -0.25) is 0 Å². The summed E-state index contributed by atoms with van der Waals surface area (Å²) in [5.41, 5.74) is 1.59. The van der Waals surface area contributed by atoms with Gasteiger partial charge >= 0.3 is 0 Å². The van der Waals surface area contributed by atoms with Gasteiger partial charge in [0.25, 0.3) is 0 Å². The van der Waals surface area contributed by atoms with Crippen molar-refractivity contribution >= 4 is 21.7 Å². The van der Waals surface area contributed by atoms with Gasteiger partial charge in [-0.1, -0.05) is 0 Å². The van der Waals surface area contributed by atoms with Crippen molar-refractivity contribution in [2.75, 3.05) is 26.6 Å². The van der Waals surface area contributed by atoms with Crippen LogP contribution in [0.4, 0.5) is 5.82 Å². The van der Waals surface area contributed by atoms with Gasteiger partial charge in [-0.05, 0) is 40.2 Å². The van der Waals surface area contributed by atoms with E-state index in [9.17, 15) is 0 Å². The molecule has 0 saturated carbocycles. The number of ether oxygens (including phenoxy) is 2. The first-order valence-corrected chi connectivity index (χ1v) is 6.43. The van der Waals surface area contributed by atoms with Crippen LogP contribution in [0, 0.1) is 0 Å². The average Bonchev–Trinajstić information content (AvgIpc) is 2.47. The molecule has 0 aliphatic carbocycles. The number of hydrogen-bond acceptors (Lipinski definition) is 5. The molecule has 0 fully saturated rings. The third kappa shape index (κ3) is 2.63. The number of methoxy groups -OCH3 is 2. The topological polar surface area (TPSA) is 56.3 Å². The van der Waals surface area contributed by atoms with Crippen LogP contribution in [0.15, 0.2) is 28.7 Å². The van der Waals surface area contributed by atoms with Gasteiger partial charge in [0.2, 0.25) is 0 Å². The van der Waals surface area contributed by atoms with E-state index in [0.717, 1.165) is 21.5 Å². The first kappa shape index (κ1) is 13.6. The highest BCUT2D eigenvalue weighted by Crippen LogP contribution is 2.41. The van der Waals surface area contributed by atoms with Gasteiger partial charge in [0.1, 0.15) is 21.8 Å². The Morgan fingerprint density at radius 1 is 1.05 bits per heavy atom. The van der Waals surface area contributed by atoms with E-state index in [0.29, 0.717) is 11.5 Å². The van der Waals surface area contributed by atoms with Gasteiger partial charge in [-0.25, -0.2) is 0 Å². The number of hydrogen-bond donors (Lipinski definition) is 1. The molecule has 0 unspecified atom stereocenters. The van der Waals surface area contributed by atoms with Crippen LogP contribution in [0.2, 0.25) is 0 Å². The van der Waals surface area contributed by atoms with Gasteiger partial charge in [0.15, 0.2) is 0 Å². The Morgan fingerprint density at radius 3 is 2.37 bits per heavy atom. The van der Waals surface area contributed by atoms with Crippen molar-refractivity contribution in [2.24, 2.45) is 0 Å². The highest BCUT2D eigenvalue weighted by Gasteiger charge is 2.15. The molecule has 0 atom stereocenters. The van der Waals surface area contributed by atoms with Crippen molar-refractivity contribution < 1.29 is 9.47 Å². The Labute approximate surface area is 120 Å². The summed E-state index contributed by atoms with van der Waals surface area (Å²) >= 11 is 3.47. The fourth-order valence-electron chi connectivity index (χ4n) is 1.71. The summed E-state index contributed by atoms with van der Waals surface area (Å²) in [6.45, 7) is 0. The molecular formula is C13H14BrN3O2. The number of aromatic nitrogens is 2. The monoisotopic (exact) mass is 323 g/mol. The van der Waals surface area contributed by atoms with Gasteiger partial charge in [-0.2, -0.15) is 0 Å². The van der Waals surface area contributed by atoms with E-state index in [2.05, 4.69) is 31.4 Å². The van der Waals surface area contributed by atoms with Crippen molar-refractivity contribution in [3.05, 3.63) is 28.7 Å². The lowest BCUT2D eigenvalue weighted by atomic mass is 10.1. The third-order valence-electron chi connectivity index (χ3n) is 2.68. The van der Waals surface area contributed by atoms with Gasteiger partial charge in [-0.15, -0.1) is 10.2 Å². The quantitative estimate of drug-likeness (QED) is 0.937. The molecule has 19 heavy (non-hydrogen) atoms. The Bertz CT molecular complexity index is 573. The van der Waals surface area contributed by atoms with E-state index in [1.54, 1.807) is 21.3 Å². The summed E-state index contributed by atoms with van der Waals surface area (Å²) in [4.78, 5) is 0. The molecule has 2 rings (SSSR count). The molecule has 0 amide bonds. The number of rotatable bonds is 4. The Balaban J connectivity index is 2.51. The summed E-state index contributed by atoms with van der Waals surface area (Å²) in [7, 11) is 5.02. The van der Waals surface area contributed by atoms with Gasteiger partial charge < -0.3 is 14.8 Å². The molecule has 0 bridgehead atoms. The summed E-state index contributed by atoms with van der Waals surface area (Å²) < 4.78 is 11.4. The average molecular weight is 324 g/mol. The predicted octanol–water partition coefficient (Wildman–Crippen LogP) is 2.97. The van der Waals surface area contributed by atoms with Crippen molar-refractivity contribution in [3.8, 4) is 22.8 Å². The lowest BCUT2D eigenvalue weighted by Gasteiger charge is -2.12. The molecule has 5 nitrogen and oxygen atoms in total.